The highest BCUT2D eigenvalue weighted by Crippen LogP contribution is 2.27. The van der Waals surface area contributed by atoms with Gasteiger partial charge >= 0.3 is 5.97 Å². The first kappa shape index (κ1) is 13.8. The van der Waals surface area contributed by atoms with Crippen molar-refractivity contribution in [1.82, 2.24) is 0 Å². The van der Waals surface area contributed by atoms with E-state index in [1.54, 1.807) is 18.2 Å². The van der Waals surface area contributed by atoms with Crippen LogP contribution in [0.1, 0.15) is 17.9 Å². The maximum absolute atomic E-state index is 11.1. The third-order valence-electron chi connectivity index (χ3n) is 2.17. The van der Waals surface area contributed by atoms with Crippen LogP contribution in [-0.4, -0.2) is 24.4 Å². The number of rotatable bonds is 5. The van der Waals surface area contributed by atoms with E-state index in [0.717, 1.165) is 0 Å². The van der Waals surface area contributed by atoms with Crippen LogP contribution in [0.2, 0.25) is 10.0 Å². The number of oxime groups is 1. The first-order chi connectivity index (χ1) is 8.06. The average Bonchev–Trinajstić information content (AvgIpc) is 2.28. The molecule has 1 N–H and O–H groups in total. The van der Waals surface area contributed by atoms with Gasteiger partial charge in [-0.25, -0.2) is 0 Å². The van der Waals surface area contributed by atoms with E-state index in [2.05, 4.69) is 9.99 Å². The van der Waals surface area contributed by atoms with Crippen LogP contribution in [0.25, 0.3) is 0 Å². The van der Waals surface area contributed by atoms with Crippen LogP contribution in [0.4, 0.5) is 0 Å². The molecule has 4 nitrogen and oxygen atoms in total. The van der Waals surface area contributed by atoms with E-state index in [1.165, 1.54) is 13.3 Å². The van der Waals surface area contributed by atoms with Gasteiger partial charge in [-0.15, -0.1) is 0 Å². The molecule has 1 unspecified atom stereocenters. The van der Waals surface area contributed by atoms with Crippen molar-refractivity contribution in [1.29, 1.82) is 0 Å². The summed E-state index contributed by atoms with van der Waals surface area (Å²) in [5.74, 6) is -1.67. The van der Waals surface area contributed by atoms with Crippen LogP contribution in [0, 0.1) is 0 Å². The maximum Gasteiger partial charge on any atom is 0.311 e. The molecule has 0 bridgehead atoms. The maximum atomic E-state index is 11.1. The molecule has 0 aliphatic heterocycles. The molecule has 1 rings (SSSR count). The zero-order chi connectivity index (χ0) is 12.8. The van der Waals surface area contributed by atoms with Crippen molar-refractivity contribution >= 4 is 35.4 Å². The van der Waals surface area contributed by atoms with E-state index in [-0.39, 0.29) is 6.42 Å². The highest BCUT2D eigenvalue weighted by Gasteiger charge is 2.19. The lowest BCUT2D eigenvalue weighted by Gasteiger charge is -2.10. The fourth-order valence-corrected chi connectivity index (χ4v) is 1.64. The van der Waals surface area contributed by atoms with Gasteiger partial charge in [-0.2, -0.15) is 0 Å². The summed E-state index contributed by atoms with van der Waals surface area (Å²) in [6.45, 7) is 0. The van der Waals surface area contributed by atoms with E-state index in [0.29, 0.717) is 15.6 Å². The van der Waals surface area contributed by atoms with Gasteiger partial charge in [0.25, 0.3) is 0 Å². The average molecular weight is 276 g/mol. The molecule has 0 aliphatic rings. The summed E-state index contributed by atoms with van der Waals surface area (Å²) in [4.78, 5) is 15.6. The van der Waals surface area contributed by atoms with Crippen molar-refractivity contribution in [2.24, 2.45) is 5.16 Å². The van der Waals surface area contributed by atoms with Crippen LogP contribution in [0.15, 0.2) is 23.4 Å². The first-order valence-corrected chi connectivity index (χ1v) is 5.54. The van der Waals surface area contributed by atoms with Crippen LogP contribution in [0.3, 0.4) is 0 Å². The molecule has 0 fully saturated rings. The number of hydrogen-bond acceptors (Lipinski definition) is 3. The van der Waals surface area contributed by atoms with Gasteiger partial charge in [-0.3, -0.25) is 4.79 Å². The van der Waals surface area contributed by atoms with Crippen LogP contribution >= 0.6 is 23.2 Å². The van der Waals surface area contributed by atoms with Crippen molar-refractivity contribution in [2.45, 2.75) is 12.3 Å². The van der Waals surface area contributed by atoms with Gasteiger partial charge in [0, 0.05) is 12.6 Å². The summed E-state index contributed by atoms with van der Waals surface area (Å²) in [6.07, 6.45) is 1.63. The van der Waals surface area contributed by atoms with Gasteiger partial charge in [0.15, 0.2) is 0 Å². The molecule has 0 saturated heterocycles. The van der Waals surface area contributed by atoms with Gasteiger partial charge < -0.3 is 9.94 Å². The molecule has 0 saturated carbocycles. The Balaban J connectivity index is 2.93. The van der Waals surface area contributed by atoms with Crippen molar-refractivity contribution in [3.63, 3.8) is 0 Å². The highest BCUT2D eigenvalue weighted by atomic mass is 35.5. The number of carboxylic acid groups (broad SMARTS) is 1. The summed E-state index contributed by atoms with van der Waals surface area (Å²) in [5.41, 5.74) is 0.578. The fraction of sp³-hybridized carbons (Fsp3) is 0.273. The first-order valence-electron chi connectivity index (χ1n) is 4.79. The molecule has 0 aliphatic carbocycles. The number of carboxylic acids is 1. The number of aliphatic carboxylic acids is 1. The topological polar surface area (TPSA) is 58.9 Å². The minimum Gasteiger partial charge on any atom is -0.481 e. The number of nitrogens with zero attached hydrogens (tertiary/aromatic N) is 1. The highest BCUT2D eigenvalue weighted by molar-refractivity contribution is 6.42. The van der Waals surface area contributed by atoms with Gasteiger partial charge in [0.1, 0.15) is 7.11 Å². The molecule has 6 heteroatoms. The van der Waals surface area contributed by atoms with Crippen molar-refractivity contribution in [2.75, 3.05) is 7.11 Å². The summed E-state index contributed by atoms with van der Waals surface area (Å²) in [7, 11) is 1.39. The van der Waals surface area contributed by atoms with Crippen molar-refractivity contribution < 1.29 is 14.7 Å². The predicted octanol–water partition coefficient (Wildman–Crippen LogP) is 3.18. The Kier molecular flexibility index (Phi) is 5.25. The quantitative estimate of drug-likeness (QED) is 0.663. The minimum absolute atomic E-state index is 0.223. The smallest absolute Gasteiger partial charge is 0.311 e. The standard InChI is InChI=1S/C11H11Cl2NO3/c1-17-14-5-4-8(11(15)16)7-2-3-9(12)10(13)6-7/h2-3,5-6,8H,4H2,1H3,(H,15,16). The molecule has 1 aromatic rings. The van der Waals surface area contributed by atoms with Crippen LogP contribution < -0.4 is 0 Å². The monoisotopic (exact) mass is 275 g/mol. The van der Waals surface area contributed by atoms with Gasteiger partial charge in [0.05, 0.1) is 16.0 Å². The summed E-state index contributed by atoms with van der Waals surface area (Å²) in [5, 5.41) is 13.3. The molecule has 1 aromatic carbocycles. The van der Waals surface area contributed by atoms with Gasteiger partial charge in [0.2, 0.25) is 0 Å². The molecule has 0 heterocycles. The van der Waals surface area contributed by atoms with Crippen LogP contribution in [0.5, 0.6) is 0 Å². The molecule has 0 aromatic heterocycles. The molecule has 0 radical (unpaired) electrons. The zero-order valence-electron chi connectivity index (χ0n) is 9.06. The van der Waals surface area contributed by atoms with E-state index in [9.17, 15) is 4.79 Å². The summed E-state index contributed by atoms with van der Waals surface area (Å²) >= 11 is 11.6. The van der Waals surface area contributed by atoms with Crippen LogP contribution in [-0.2, 0) is 9.63 Å². The second-order valence-corrected chi connectivity index (χ2v) is 4.09. The van der Waals surface area contributed by atoms with E-state index >= 15 is 0 Å². The Morgan fingerprint density at radius 1 is 1.53 bits per heavy atom. The molecular formula is C11H11Cl2NO3. The Morgan fingerprint density at radius 2 is 2.24 bits per heavy atom. The summed E-state index contributed by atoms with van der Waals surface area (Å²) in [6, 6.07) is 4.75. The normalized spacial score (nSPS) is 12.6. The Labute approximate surface area is 109 Å². The molecule has 1 atom stereocenters. The predicted molar refractivity (Wildman–Crippen MR) is 67.0 cm³/mol. The lowest BCUT2D eigenvalue weighted by Crippen LogP contribution is -2.12. The number of hydrogen-bond donors (Lipinski definition) is 1. The molecule has 92 valence electrons. The van der Waals surface area contributed by atoms with Crippen molar-refractivity contribution in [3.8, 4) is 0 Å². The van der Waals surface area contributed by atoms with Gasteiger partial charge in [-0.1, -0.05) is 34.4 Å². The Bertz CT molecular complexity index is 435. The zero-order valence-corrected chi connectivity index (χ0v) is 10.6. The SMILES string of the molecule is CON=CCC(C(=O)O)c1ccc(Cl)c(Cl)c1. The molecule has 17 heavy (non-hydrogen) atoms. The Morgan fingerprint density at radius 3 is 2.76 bits per heavy atom. The number of benzene rings is 1. The largest absolute Gasteiger partial charge is 0.481 e. The molecule has 0 spiro atoms. The number of carbonyl (C=O) groups is 1. The molecular weight excluding hydrogens is 265 g/mol. The van der Waals surface area contributed by atoms with E-state index < -0.39 is 11.9 Å². The summed E-state index contributed by atoms with van der Waals surface area (Å²) < 4.78 is 0. The van der Waals surface area contributed by atoms with E-state index in [4.69, 9.17) is 28.3 Å². The third-order valence-corrected chi connectivity index (χ3v) is 2.90. The fourth-order valence-electron chi connectivity index (χ4n) is 1.33. The van der Waals surface area contributed by atoms with Gasteiger partial charge in [-0.05, 0) is 17.7 Å². The Hall–Kier alpha value is -1.26. The van der Waals surface area contributed by atoms with Crippen molar-refractivity contribution in [3.05, 3.63) is 33.8 Å². The second kappa shape index (κ2) is 6.47. The minimum atomic E-state index is -0.953. The molecule has 0 amide bonds. The second-order valence-electron chi connectivity index (χ2n) is 3.27. The number of halogens is 2. The lowest BCUT2D eigenvalue weighted by atomic mass is 9.96. The third kappa shape index (κ3) is 3.91. The lowest BCUT2D eigenvalue weighted by molar-refractivity contribution is -0.138. The van der Waals surface area contributed by atoms with E-state index in [1.807, 2.05) is 0 Å².